The summed E-state index contributed by atoms with van der Waals surface area (Å²) in [6, 6.07) is 3.76. The number of benzene rings is 1. The largest absolute Gasteiger partial charge is 0.324 e. The fourth-order valence-electron chi connectivity index (χ4n) is 1.48. The molecule has 0 saturated carbocycles. The van der Waals surface area contributed by atoms with Crippen LogP contribution in [0.15, 0.2) is 18.2 Å². The van der Waals surface area contributed by atoms with Gasteiger partial charge in [0.15, 0.2) is 0 Å². The minimum atomic E-state index is -0.524. The number of hydrogen-bond donors (Lipinski definition) is 1. The lowest BCUT2D eigenvalue weighted by atomic mass is 10.2. The molecule has 0 bridgehead atoms. The van der Waals surface area contributed by atoms with E-state index in [1.807, 2.05) is 0 Å². The van der Waals surface area contributed by atoms with Crippen molar-refractivity contribution in [1.29, 1.82) is 0 Å². The van der Waals surface area contributed by atoms with Gasteiger partial charge in [-0.2, -0.15) is 0 Å². The Hall–Kier alpha value is -1.62. The number of imide groups is 1. The van der Waals surface area contributed by atoms with E-state index in [1.54, 1.807) is 0 Å². The van der Waals surface area contributed by atoms with Crippen LogP contribution in [0.3, 0.4) is 0 Å². The van der Waals surface area contributed by atoms with Crippen molar-refractivity contribution in [3.8, 4) is 0 Å². The van der Waals surface area contributed by atoms with Gasteiger partial charge in [-0.1, -0.05) is 17.7 Å². The minimum absolute atomic E-state index is 0.0108. The summed E-state index contributed by atoms with van der Waals surface area (Å²) in [5.41, 5.74) is 0.217. The predicted molar refractivity (Wildman–Crippen MR) is 55.4 cm³/mol. The molecule has 1 aromatic carbocycles. The van der Waals surface area contributed by atoms with Crippen molar-refractivity contribution >= 4 is 23.5 Å². The van der Waals surface area contributed by atoms with Gasteiger partial charge >= 0.3 is 6.03 Å². The number of amides is 3. The summed E-state index contributed by atoms with van der Waals surface area (Å²) >= 11 is 5.81. The summed E-state index contributed by atoms with van der Waals surface area (Å²) in [7, 11) is 0. The monoisotopic (exact) mass is 242 g/mol. The number of nitrogens with zero attached hydrogens (tertiary/aromatic N) is 1. The van der Waals surface area contributed by atoms with E-state index in [1.165, 1.54) is 23.1 Å². The summed E-state index contributed by atoms with van der Waals surface area (Å²) in [6.07, 6.45) is 0. The van der Waals surface area contributed by atoms with Crippen molar-refractivity contribution < 1.29 is 14.0 Å². The highest BCUT2D eigenvalue weighted by Gasteiger charge is 2.27. The zero-order valence-electron chi connectivity index (χ0n) is 8.17. The van der Waals surface area contributed by atoms with Crippen molar-refractivity contribution in [2.24, 2.45) is 0 Å². The molecule has 1 heterocycles. The molecule has 0 aliphatic carbocycles. The third-order valence-electron chi connectivity index (χ3n) is 2.28. The van der Waals surface area contributed by atoms with E-state index in [2.05, 4.69) is 5.32 Å². The van der Waals surface area contributed by atoms with Crippen molar-refractivity contribution in [1.82, 2.24) is 10.2 Å². The Morgan fingerprint density at radius 1 is 1.44 bits per heavy atom. The van der Waals surface area contributed by atoms with Crippen LogP contribution in [0.25, 0.3) is 0 Å². The molecule has 4 nitrogen and oxygen atoms in total. The van der Waals surface area contributed by atoms with E-state index in [4.69, 9.17) is 11.6 Å². The Kier molecular flexibility index (Phi) is 2.78. The molecule has 2 rings (SSSR count). The Morgan fingerprint density at radius 2 is 2.19 bits per heavy atom. The number of nitrogens with one attached hydrogen (secondary N) is 1. The molecule has 6 heteroatoms. The summed E-state index contributed by atoms with van der Waals surface area (Å²) in [5, 5.41) is 2.35. The lowest BCUT2D eigenvalue weighted by Gasteiger charge is -2.14. The Labute approximate surface area is 96.0 Å². The van der Waals surface area contributed by atoms with Crippen LogP contribution in [-0.4, -0.2) is 23.4 Å². The molecule has 1 saturated heterocycles. The van der Waals surface area contributed by atoms with Crippen LogP contribution in [0.2, 0.25) is 5.02 Å². The second-order valence-corrected chi connectivity index (χ2v) is 3.82. The zero-order valence-corrected chi connectivity index (χ0v) is 8.92. The smallest absolute Gasteiger partial charge is 0.311 e. The number of rotatable bonds is 2. The molecule has 1 aliphatic heterocycles. The molecule has 3 amide bonds. The highest BCUT2D eigenvalue weighted by molar-refractivity contribution is 6.31. The van der Waals surface area contributed by atoms with Gasteiger partial charge in [0, 0.05) is 10.6 Å². The molecule has 84 valence electrons. The van der Waals surface area contributed by atoms with Crippen molar-refractivity contribution in [3.05, 3.63) is 34.6 Å². The van der Waals surface area contributed by atoms with Crippen molar-refractivity contribution in [2.45, 2.75) is 6.54 Å². The molecule has 0 unspecified atom stereocenters. The van der Waals surface area contributed by atoms with Gasteiger partial charge in [0.25, 0.3) is 0 Å². The van der Waals surface area contributed by atoms with Gasteiger partial charge in [-0.05, 0) is 12.1 Å². The standard InChI is InChI=1S/C10H8ClFN2O2/c11-7-2-1-3-8(12)6(7)4-14-5-9(15)13-10(14)16/h1-3H,4-5H2,(H,13,15,16). The van der Waals surface area contributed by atoms with Crippen molar-refractivity contribution in [2.75, 3.05) is 6.54 Å². The van der Waals surface area contributed by atoms with Crippen LogP contribution >= 0.6 is 11.6 Å². The average molecular weight is 243 g/mol. The van der Waals surface area contributed by atoms with Gasteiger partial charge in [0.2, 0.25) is 5.91 Å². The molecule has 1 N–H and O–H groups in total. The minimum Gasteiger partial charge on any atom is -0.311 e. The van der Waals surface area contributed by atoms with Gasteiger partial charge in [-0.3, -0.25) is 10.1 Å². The third kappa shape index (κ3) is 1.99. The first-order valence-corrected chi connectivity index (χ1v) is 4.97. The molecular formula is C10H8ClFN2O2. The number of carbonyl (C=O) groups excluding carboxylic acids is 2. The topological polar surface area (TPSA) is 49.4 Å². The zero-order chi connectivity index (χ0) is 11.7. The lowest BCUT2D eigenvalue weighted by molar-refractivity contribution is -0.118. The molecule has 1 aliphatic rings. The van der Waals surface area contributed by atoms with Crippen LogP contribution in [0, 0.1) is 5.82 Å². The molecule has 16 heavy (non-hydrogen) atoms. The summed E-state index contributed by atoms with van der Waals surface area (Å²) in [5.74, 6) is -0.878. The second kappa shape index (κ2) is 4.09. The molecule has 1 fully saturated rings. The second-order valence-electron chi connectivity index (χ2n) is 3.41. The van der Waals surface area contributed by atoms with Gasteiger partial charge < -0.3 is 4.90 Å². The fourth-order valence-corrected chi connectivity index (χ4v) is 1.71. The Balaban J connectivity index is 2.21. The summed E-state index contributed by atoms with van der Waals surface area (Å²) < 4.78 is 13.4. The number of carbonyl (C=O) groups is 2. The molecule has 0 atom stereocenters. The first-order valence-electron chi connectivity index (χ1n) is 4.59. The van der Waals surface area contributed by atoms with E-state index in [-0.39, 0.29) is 23.7 Å². The predicted octanol–water partition coefficient (Wildman–Crippen LogP) is 1.53. The SMILES string of the molecule is O=C1CN(Cc2c(F)cccc2Cl)C(=O)N1. The van der Waals surface area contributed by atoms with Crippen LogP contribution in [0.1, 0.15) is 5.56 Å². The quantitative estimate of drug-likeness (QED) is 0.800. The van der Waals surface area contributed by atoms with Crippen molar-refractivity contribution in [3.63, 3.8) is 0 Å². The Morgan fingerprint density at radius 3 is 2.75 bits per heavy atom. The summed E-state index contributed by atoms with van der Waals surface area (Å²) in [4.78, 5) is 23.4. The van der Waals surface area contributed by atoms with E-state index in [9.17, 15) is 14.0 Å². The molecule has 0 spiro atoms. The van der Waals surface area contributed by atoms with Gasteiger partial charge in [-0.25, -0.2) is 9.18 Å². The van der Waals surface area contributed by atoms with E-state index >= 15 is 0 Å². The van der Waals surface area contributed by atoms with Gasteiger partial charge in [-0.15, -0.1) is 0 Å². The molecule has 0 aromatic heterocycles. The maximum atomic E-state index is 13.4. The van der Waals surface area contributed by atoms with Crippen LogP contribution in [0.4, 0.5) is 9.18 Å². The molecule has 0 radical (unpaired) electrons. The Bertz CT molecular complexity index is 444. The molecular weight excluding hydrogens is 235 g/mol. The summed E-state index contributed by atoms with van der Waals surface area (Å²) in [6.45, 7) is -0.0768. The number of hydrogen-bond acceptors (Lipinski definition) is 2. The number of halogens is 2. The van der Waals surface area contributed by atoms with Crippen LogP contribution in [0.5, 0.6) is 0 Å². The maximum Gasteiger partial charge on any atom is 0.324 e. The van der Waals surface area contributed by atoms with Crippen LogP contribution in [-0.2, 0) is 11.3 Å². The first-order chi connectivity index (χ1) is 7.58. The maximum absolute atomic E-state index is 13.4. The van der Waals surface area contributed by atoms with E-state index in [0.717, 1.165) is 0 Å². The van der Waals surface area contributed by atoms with Crippen LogP contribution < -0.4 is 5.32 Å². The van der Waals surface area contributed by atoms with E-state index in [0.29, 0.717) is 0 Å². The average Bonchev–Trinajstić information content (AvgIpc) is 2.51. The highest BCUT2D eigenvalue weighted by Crippen LogP contribution is 2.21. The van der Waals surface area contributed by atoms with Gasteiger partial charge in [0.05, 0.1) is 6.54 Å². The molecule has 1 aromatic rings. The van der Waals surface area contributed by atoms with E-state index < -0.39 is 17.8 Å². The lowest BCUT2D eigenvalue weighted by Crippen LogP contribution is -2.28. The van der Waals surface area contributed by atoms with Gasteiger partial charge in [0.1, 0.15) is 12.4 Å². The fraction of sp³-hybridized carbons (Fsp3) is 0.200. The first kappa shape index (κ1) is 10.9. The highest BCUT2D eigenvalue weighted by atomic mass is 35.5. The third-order valence-corrected chi connectivity index (χ3v) is 2.63. The number of urea groups is 1. The normalized spacial score (nSPS) is 15.5.